The highest BCUT2D eigenvalue weighted by atomic mass is 79.9. The number of pyridine rings is 3. The smallest absolute Gasteiger partial charge is 0.537 e. The summed E-state index contributed by atoms with van der Waals surface area (Å²) in [6.07, 6.45) is 7.65. The number of nitrogens with two attached hydrogens (primary N) is 1. The first-order chi connectivity index (χ1) is 62.7. The van der Waals surface area contributed by atoms with E-state index in [0.717, 1.165) is 62.1 Å². The molecule has 16 aromatic rings. The molecule has 3 N–H and O–H groups in total. The molecule has 0 aliphatic carbocycles. The molecule has 0 saturated carbocycles. The lowest BCUT2D eigenvalue weighted by Crippen LogP contribution is -2.19. The Morgan fingerprint density at radius 3 is 1.11 bits per heavy atom. The van der Waals surface area contributed by atoms with Crippen molar-refractivity contribution >= 4 is 157 Å². The number of hydrogen-bond acceptors (Lipinski definition) is 21. The average Bonchev–Trinajstić information content (AvgIpc) is 0.763. The van der Waals surface area contributed by atoms with Crippen LogP contribution in [0.2, 0.25) is 15.1 Å². The molecule has 0 amide bonds. The van der Waals surface area contributed by atoms with E-state index in [-0.39, 0.29) is 68.0 Å². The number of halogens is 14. The van der Waals surface area contributed by atoms with Gasteiger partial charge in [-0.05, 0) is 217 Å². The Bertz CT molecular complexity index is 7740. The molecular weight excluding hydrogens is 2030 g/mol. The highest BCUT2D eigenvalue weighted by Gasteiger charge is 2.34. The Morgan fingerprint density at radius 1 is 0.407 bits per heavy atom. The maximum atomic E-state index is 14.1. The van der Waals surface area contributed by atoms with Crippen molar-refractivity contribution in [3.05, 3.63) is 369 Å². The fraction of sp³-hybridized carbons (Fsp3) is 0.0778. The van der Waals surface area contributed by atoms with Gasteiger partial charge < -0.3 is 38.0 Å². The summed E-state index contributed by atoms with van der Waals surface area (Å²) in [4.78, 5) is 52.8. The number of ether oxygens (including phenoxy) is 3. The van der Waals surface area contributed by atoms with Crippen LogP contribution in [0.4, 0.5) is 49.7 Å². The van der Waals surface area contributed by atoms with Gasteiger partial charge in [0.05, 0.1) is 81.1 Å². The predicted octanol–water partition coefficient (Wildman–Crippen LogP) is 19.5. The summed E-state index contributed by atoms with van der Waals surface area (Å²) >= 11 is 21.4. The molecular formula is C90H71BBrCl3F10N8O16P3S3. The van der Waals surface area contributed by atoms with Crippen LogP contribution >= 0.6 is 80.4 Å². The summed E-state index contributed by atoms with van der Waals surface area (Å²) < 4.78 is 247. The van der Waals surface area contributed by atoms with Crippen molar-refractivity contribution in [1.82, 2.24) is 33.6 Å². The first-order valence-electron chi connectivity index (χ1n) is 37.7. The Labute approximate surface area is 796 Å². The van der Waals surface area contributed by atoms with Gasteiger partial charge in [0.25, 0.3) is 16.7 Å². The van der Waals surface area contributed by atoms with Gasteiger partial charge in [0.1, 0.15) is 50.2 Å². The second-order valence-electron chi connectivity index (χ2n) is 27.8. The first kappa shape index (κ1) is 106. The lowest BCUT2D eigenvalue weighted by atomic mass is 10.0. The predicted molar refractivity (Wildman–Crippen MR) is 512 cm³/mol. The minimum Gasteiger partial charge on any atom is -0.537 e. The number of aromatic nitrogens is 7. The van der Waals surface area contributed by atoms with Gasteiger partial charge in [0, 0.05) is 69.7 Å². The zero-order valence-corrected chi connectivity index (χ0v) is 81.3. The van der Waals surface area contributed by atoms with Gasteiger partial charge in [-0.1, -0.05) is 75.0 Å². The van der Waals surface area contributed by atoms with Crippen LogP contribution in [0.15, 0.2) is 271 Å². The van der Waals surface area contributed by atoms with Gasteiger partial charge in [-0.2, -0.15) is 64.1 Å². The van der Waals surface area contributed by atoms with Crippen molar-refractivity contribution in [2.45, 2.75) is 41.2 Å². The fourth-order valence-corrected chi connectivity index (χ4v) is 17.2. The van der Waals surface area contributed by atoms with E-state index in [9.17, 15) is 83.5 Å². The van der Waals surface area contributed by atoms with Gasteiger partial charge in [0.15, 0.2) is 9.84 Å². The molecule has 0 aliphatic rings. The third kappa shape index (κ3) is 23.9. The monoisotopic (exact) mass is 2090 g/mol. The van der Waals surface area contributed by atoms with Gasteiger partial charge in [-0.15, -0.1) is 0 Å². The topological polar surface area (TPSA) is 322 Å². The number of sulfone groups is 1. The van der Waals surface area contributed by atoms with E-state index >= 15 is 0 Å². The molecule has 11 aromatic carbocycles. The highest BCUT2D eigenvalue weighted by molar-refractivity contribution is 9.10. The van der Waals surface area contributed by atoms with Crippen molar-refractivity contribution in [1.29, 1.82) is 0 Å². The molecule has 16 rings (SSSR count). The van der Waals surface area contributed by atoms with Crippen LogP contribution in [0.1, 0.15) is 22.5 Å². The zero-order chi connectivity index (χ0) is 95.7. The number of hydrogen-bond donors (Lipinski definition) is 2. The second-order valence-corrected chi connectivity index (χ2v) is 35.0. The molecule has 3 unspecified atom stereocenters. The molecule has 701 valence electrons. The van der Waals surface area contributed by atoms with Crippen molar-refractivity contribution in [3.63, 3.8) is 0 Å². The number of fused-ring (bicyclic) bond motifs is 3. The summed E-state index contributed by atoms with van der Waals surface area (Å²) in [5.74, 6) is -25.6. The lowest BCUT2D eigenvalue weighted by Gasteiger charge is -2.15. The molecule has 0 fully saturated rings. The summed E-state index contributed by atoms with van der Waals surface area (Å²) in [6, 6.07) is 52.9. The van der Waals surface area contributed by atoms with Crippen LogP contribution in [0, 0.1) is 78.9 Å². The standard InChI is InChI=1S/C29H17ClF5NO5S.C28H22ClN3O4S.C22H11BrF5NO4S.C7H7BClO3.C4H5N3.3H3P/c1-14-11-15(16-3-7-19(30)22(13-16)40-2)4-8-20(14)36-21-9-6-18(12-17(21)5-10-23(36)37)42(38,39)41-29-27(34)25(32)24(31)26(33)28(29)35;1-18-14-19(20-4-8-23(29)26(16-20)36-2)5-9-24(18)32-25-10-7-22(15-21(25)6-11-28(32)33)37(34,35)17-27-30-12-3-13-31-27;1-10-8-12(23)3-5-14(10)29-15-6-4-13(9-11(15)2-7-16(29)30)34(31,32)33-22-20(27)18(25)17(24)19(26)21(22)28;1-11-7-4-5(12-8-10)2-3-6(7)9;5-4-3-6-1-2-7-4;;;/h3-13H,1-2H3;3-16H,17H2,1-2H3;2-9H,1H3;2-4,10H,1H3;1-3H,(H2,5,7);3*1H3. The summed E-state index contributed by atoms with van der Waals surface area (Å²) in [5, 5.41) is 10.9. The normalized spacial score (nSPS) is 11.0. The third-order valence-corrected chi connectivity index (χ3v) is 24.8. The Balaban J connectivity index is 0.000000205. The molecule has 0 bridgehead atoms. The molecule has 3 atom stereocenters. The SMILES string of the molecule is COc1cc(-c2ccc(-n3c(=O)ccc4cc(S(=O)(=O)Cc5ncccn5)ccc43)c(C)c2)ccc1Cl.COc1cc(-c2ccc(-n3c(=O)ccc4cc(S(=O)(=O)Oc5c(F)c(F)c(F)c(F)c5F)ccc43)c(C)c2)ccc1Cl.COc1cc(O[B]O)ccc1Cl.Cc1cc(Br)ccc1-n1c(=O)ccc2cc(S(=O)(=O)Oc3c(F)c(F)c(F)c(F)c3F)ccc21.Nc1cnccn1.P.P.P. The highest BCUT2D eigenvalue weighted by Crippen LogP contribution is 2.39. The molecule has 1 radical (unpaired) electrons. The van der Waals surface area contributed by atoms with Gasteiger partial charge in [-0.25, -0.2) is 49.7 Å². The molecule has 0 aliphatic heterocycles. The Kier molecular flexibility index (Phi) is 35.7. The van der Waals surface area contributed by atoms with E-state index < -0.39 is 121 Å². The minimum absolute atomic E-state index is 0. The number of benzene rings is 11. The van der Waals surface area contributed by atoms with Gasteiger partial charge in [0.2, 0.25) is 69.7 Å². The van der Waals surface area contributed by atoms with Gasteiger partial charge >= 0.3 is 27.9 Å². The fourth-order valence-electron chi connectivity index (χ4n) is 13.0. The molecule has 0 spiro atoms. The van der Waals surface area contributed by atoms with E-state index in [1.54, 1.807) is 135 Å². The largest absolute Gasteiger partial charge is 0.569 e. The van der Waals surface area contributed by atoms with Crippen molar-refractivity contribution < 1.29 is 101 Å². The number of anilines is 1. The van der Waals surface area contributed by atoms with Crippen LogP contribution in [0.3, 0.4) is 0 Å². The second kappa shape index (κ2) is 45.3. The average molecular weight is 2100 g/mol. The van der Waals surface area contributed by atoms with Crippen molar-refractivity contribution in [3.8, 4) is 73.8 Å². The van der Waals surface area contributed by atoms with E-state index in [4.69, 9.17) is 64.4 Å². The number of rotatable bonds is 19. The number of nitrogen functional groups attached to an aromatic ring is 1. The van der Waals surface area contributed by atoms with Crippen molar-refractivity contribution in [2.75, 3.05) is 27.1 Å². The summed E-state index contributed by atoms with van der Waals surface area (Å²) in [6.45, 7) is 5.46. The van der Waals surface area contributed by atoms with Crippen LogP contribution in [0.5, 0.6) is 34.5 Å². The molecule has 5 heterocycles. The maximum Gasteiger partial charge on any atom is 0.569 e. The zero-order valence-electron chi connectivity index (χ0n) is 70.7. The lowest BCUT2D eigenvalue weighted by molar-refractivity contribution is 0.346. The van der Waals surface area contributed by atoms with Crippen LogP contribution in [0.25, 0.3) is 72.0 Å². The van der Waals surface area contributed by atoms with E-state index in [1.165, 1.54) is 90.5 Å². The maximum absolute atomic E-state index is 14.1. The van der Waals surface area contributed by atoms with Gasteiger partial charge in [-0.3, -0.25) is 33.1 Å². The molecule has 135 heavy (non-hydrogen) atoms. The molecule has 45 heteroatoms. The van der Waals surface area contributed by atoms with Crippen LogP contribution in [-0.2, 0) is 35.8 Å². The molecule has 24 nitrogen and oxygen atoms in total. The van der Waals surface area contributed by atoms with Crippen molar-refractivity contribution in [2.24, 2.45) is 0 Å². The molecule has 5 aromatic heterocycles. The number of nitrogens with zero attached hydrogens (tertiary/aromatic N) is 7. The quantitative estimate of drug-likeness (QED) is 0.0190. The van der Waals surface area contributed by atoms with E-state index in [0.29, 0.717) is 90.6 Å². The Hall–Kier alpha value is -12.4. The summed E-state index contributed by atoms with van der Waals surface area (Å²) in [5.41, 5.74) is 12.7. The number of methoxy groups -OCH3 is 3. The van der Waals surface area contributed by atoms with E-state index in [1.807, 2.05) is 43.3 Å². The summed E-state index contributed by atoms with van der Waals surface area (Å²) in [7, 11) is -8.62. The van der Waals surface area contributed by atoms with Crippen LogP contribution < -0.4 is 49.6 Å². The molecule has 0 saturated heterocycles. The van der Waals surface area contributed by atoms with E-state index in [2.05, 4.69) is 44.2 Å². The minimum atomic E-state index is -5.08. The van der Waals surface area contributed by atoms with Crippen LogP contribution in [-0.4, -0.2) is 92.9 Å². The Morgan fingerprint density at radius 2 is 0.756 bits per heavy atom. The number of aryl methyl sites for hydroxylation is 3. The first-order valence-corrected chi connectivity index (χ1v) is 44.1. The third-order valence-electron chi connectivity index (χ3n) is 19.3.